The summed E-state index contributed by atoms with van der Waals surface area (Å²) in [6.07, 6.45) is -0.237. The minimum atomic E-state index is -1.25. The number of hydrogen-bond acceptors (Lipinski definition) is 6. The molecule has 0 amide bonds. The lowest BCUT2D eigenvalue weighted by Gasteiger charge is -2.16. The van der Waals surface area contributed by atoms with Gasteiger partial charge in [0.25, 0.3) is 0 Å². The lowest BCUT2D eigenvalue weighted by molar-refractivity contribution is -0.139. The number of aliphatic hydroxyl groups is 2. The van der Waals surface area contributed by atoms with Gasteiger partial charge in [-0.05, 0) is 61.4 Å². The zero-order valence-corrected chi connectivity index (χ0v) is 20.1. The Kier molecular flexibility index (Phi) is 8.44. The number of aliphatic carboxylic acids is 1. The number of hydrogen-bond donors (Lipinski definition) is 3. The van der Waals surface area contributed by atoms with Gasteiger partial charge in [0.2, 0.25) is 5.82 Å². The summed E-state index contributed by atoms with van der Waals surface area (Å²) in [6.45, 7) is 5.68. The molecule has 2 atom stereocenters. The predicted molar refractivity (Wildman–Crippen MR) is 130 cm³/mol. The molecule has 0 saturated carbocycles. The Morgan fingerprint density at radius 2 is 1.53 bits per heavy atom. The molecule has 2 unspecified atom stereocenters. The minimum absolute atomic E-state index is 0.197. The number of rotatable bonds is 9. The van der Waals surface area contributed by atoms with Crippen LogP contribution in [0.25, 0.3) is 11.1 Å². The van der Waals surface area contributed by atoms with E-state index in [9.17, 15) is 23.8 Å². The molecule has 8 nitrogen and oxygen atoms in total. The molecule has 3 N–H and O–H groups in total. The highest BCUT2D eigenvalue weighted by Crippen LogP contribution is 2.32. The van der Waals surface area contributed by atoms with Gasteiger partial charge in [0, 0.05) is 17.6 Å². The number of carboxylic acid groups (broad SMARTS) is 1. The first kappa shape index (κ1) is 26.8. The molecular formula is C26H28F2N4O4. The molecule has 0 bridgehead atoms. The monoisotopic (exact) mass is 498 g/mol. The van der Waals surface area contributed by atoms with E-state index in [4.69, 9.17) is 5.11 Å². The first-order valence-electron chi connectivity index (χ1n) is 11.3. The highest BCUT2D eigenvalue weighted by atomic mass is 19.1. The van der Waals surface area contributed by atoms with Crippen molar-refractivity contribution < 1.29 is 28.9 Å². The molecule has 1 heterocycles. The van der Waals surface area contributed by atoms with E-state index in [0.29, 0.717) is 22.3 Å². The van der Waals surface area contributed by atoms with Crippen LogP contribution in [0.5, 0.6) is 0 Å². The second kappa shape index (κ2) is 11.3. The van der Waals surface area contributed by atoms with Crippen molar-refractivity contribution in [2.75, 3.05) is 0 Å². The topological polar surface area (TPSA) is 121 Å². The fourth-order valence-electron chi connectivity index (χ4n) is 3.44. The molecule has 0 aliphatic heterocycles. The number of benzene rings is 2. The maximum Gasteiger partial charge on any atom is 0.305 e. The molecule has 2 aromatic carbocycles. The van der Waals surface area contributed by atoms with Crippen LogP contribution in [0.1, 0.15) is 50.6 Å². The number of allylic oxidation sites excluding steroid dienone is 2. The standard InChI is InChI=1S/C26H28F2N4O4/c1-26(2,3)32-30-25(29-31-32)22(13-12-20(33)14-21(34)15-23(35)36)24(16-4-8-18(27)9-5-16)17-6-10-19(28)11-7-17/h4-13,20-21,33-34H,14-15H2,1-3H3,(H,35,36)/b13-12+. The fraction of sp³-hybridized carbons (Fsp3) is 0.308. The van der Waals surface area contributed by atoms with E-state index in [1.807, 2.05) is 20.8 Å². The fourth-order valence-corrected chi connectivity index (χ4v) is 3.44. The van der Waals surface area contributed by atoms with Crippen molar-refractivity contribution in [2.45, 2.75) is 51.4 Å². The van der Waals surface area contributed by atoms with Crippen LogP contribution in [-0.2, 0) is 10.3 Å². The molecule has 0 aliphatic carbocycles. The van der Waals surface area contributed by atoms with E-state index < -0.39 is 41.8 Å². The van der Waals surface area contributed by atoms with Crippen LogP contribution in [0.4, 0.5) is 8.78 Å². The van der Waals surface area contributed by atoms with Crippen molar-refractivity contribution in [3.05, 3.63) is 89.3 Å². The summed E-state index contributed by atoms with van der Waals surface area (Å²) in [5, 5.41) is 42.0. The van der Waals surface area contributed by atoms with Gasteiger partial charge in [-0.1, -0.05) is 36.4 Å². The van der Waals surface area contributed by atoms with Crippen LogP contribution in [0.3, 0.4) is 0 Å². The average Bonchev–Trinajstić information content (AvgIpc) is 3.28. The highest BCUT2D eigenvalue weighted by Gasteiger charge is 2.22. The van der Waals surface area contributed by atoms with Gasteiger partial charge in [-0.2, -0.15) is 4.80 Å². The van der Waals surface area contributed by atoms with Crippen molar-refractivity contribution in [3.63, 3.8) is 0 Å². The molecule has 0 aliphatic rings. The van der Waals surface area contributed by atoms with Crippen molar-refractivity contribution >= 4 is 17.1 Å². The average molecular weight is 499 g/mol. The Hall–Kier alpha value is -3.76. The first-order valence-corrected chi connectivity index (χ1v) is 11.3. The molecule has 0 radical (unpaired) electrons. The van der Waals surface area contributed by atoms with Crippen molar-refractivity contribution in [1.82, 2.24) is 20.2 Å². The second-order valence-electron chi connectivity index (χ2n) is 9.29. The molecule has 3 aromatic rings. The van der Waals surface area contributed by atoms with Gasteiger partial charge in [-0.3, -0.25) is 4.79 Å². The molecule has 1 aromatic heterocycles. The molecule has 36 heavy (non-hydrogen) atoms. The van der Waals surface area contributed by atoms with E-state index in [1.54, 1.807) is 24.3 Å². The molecule has 0 spiro atoms. The summed E-state index contributed by atoms with van der Waals surface area (Å²) in [5.74, 6) is -1.86. The van der Waals surface area contributed by atoms with Gasteiger partial charge in [-0.15, -0.1) is 10.2 Å². The summed E-state index contributed by atoms with van der Waals surface area (Å²) >= 11 is 0. The third-order valence-electron chi connectivity index (χ3n) is 5.20. The van der Waals surface area contributed by atoms with Crippen LogP contribution in [0.2, 0.25) is 0 Å². The molecule has 10 heteroatoms. The largest absolute Gasteiger partial charge is 0.481 e. The normalized spacial score (nSPS) is 13.5. The maximum absolute atomic E-state index is 13.7. The Morgan fingerprint density at radius 3 is 1.97 bits per heavy atom. The number of carbonyl (C=O) groups is 1. The number of aliphatic hydroxyl groups excluding tert-OH is 2. The zero-order valence-electron chi connectivity index (χ0n) is 20.1. The highest BCUT2D eigenvalue weighted by molar-refractivity contribution is 6.00. The van der Waals surface area contributed by atoms with Crippen LogP contribution < -0.4 is 0 Å². The van der Waals surface area contributed by atoms with Crippen LogP contribution in [-0.4, -0.2) is 53.7 Å². The Balaban J connectivity index is 2.18. The maximum atomic E-state index is 13.7. The zero-order chi connectivity index (χ0) is 26.5. The molecule has 0 fully saturated rings. The molecule has 190 valence electrons. The minimum Gasteiger partial charge on any atom is -0.481 e. The summed E-state index contributed by atoms with van der Waals surface area (Å²) in [7, 11) is 0. The van der Waals surface area contributed by atoms with Gasteiger partial charge in [0.15, 0.2) is 0 Å². The van der Waals surface area contributed by atoms with Crippen molar-refractivity contribution in [1.29, 1.82) is 0 Å². The van der Waals surface area contributed by atoms with E-state index >= 15 is 0 Å². The van der Waals surface area contributed by atoms with Crippen molar-refractivity contribution in [3.8, 4) is 0 Å². The molecular weight excluding hydrogens is 470 g/mol. The number of tetrazole rings is 1. The smallest absolute Gasteiger partial charge is 0.305 e. The van der Waals surface area contributed by atoms with Crippen LogP contribution >= 0.6 is 0 Å². The predicted octanol–water partition coefficient (Wildman–Crippen LogP) is 3.81. The summed E-state index contributed by atoms with van der Waals surface area (Å²) in [6, 6.07) is 11.4. The quantitative estimate of drug-likeness (QED) is 0.384. The summed E-state index contributed by atoms with van der Waals surface area (Å²) in [5.41, 5.74) is 1.60. The van der Waals surface area contributed by atoms with Gasteiger partial charge in [0.05, 0.1) is 24.2 Å². The molecule has 0 saturated heterocycles. The van der Waals surface area contributed by atoms with E-state index in [-0.39, 0.29) is 12.2 Å². The summed E-state index contributed by atoms with van der Waals surface area (Å²) < 4.78 is 27.4. The number of halogens is 2. The Morgan fingerprint density at radius 1 is 1.00 bits per heavy atom. The summed E-state index contributed by atoms with van der Waals surface area (Å²) in [4.78, 5) is 12.3. The number of nitrogens with zero attached hydrogens (tertiary/aromatic N) is 4. The third-order valence-corrected chi connectivity index (χ3v) is 5.20. The van der Waals surface area contributed by atoms with Crippen LogP contribution in [0.15, 0.2) is 60.7 Å². The van der Waals surface area contributed by atoms with Crippen LogP contribution in [0, 0.1) is 11.6 Å². The van der Waals surface area contributed by atoms with Gasteiger partial charge in [0.1, 0.15) is 11.6 Å². The van der Waals surface area contributed by atoms with E-state index in [1.165, 1.54) is 41.2 Å². The second-order valence-corrected chi connectivity index (χ2v) is 9.29. The SMILES string of the molecule is CC(C)(C)n1nnc(C(/C=C/C(O)CC(O)CC(=O)O)=C(c2ccc(F)cc2)c2ccc(F)cc2)n1. The van der Waals surface area contributed by atoms with Crippen molar-refractivity contribution in [2.24, 2.45) is 0 Å². The Bertz CT molecular complexity index is 1200. The Labute approximate surface area is 207 Å². The molecule has 3 rings (SSSR count). The number of aromatic nitrogens is 4. The lowest BCUT2D eigenvalue weighted by Crippen LogP contribution is -2.24. The van der Waals surface area contributed by atoms with Gasteiger partial charge in [-0.25, -0.2) is 8.78 Å². The third kappa shape index (κ3) is 7.12. The lowest BCUT2D eigenvalue weighted by atomic mass is 9.92. The van der Waals surface area contributed by atoms with Gasteiger partial charge < -0.3 is 15.3 Å². The first-order chi connectivity index (χ1) is 16.9. The number of carboxylic acids is 1. The van der Waals surface area contributed by atoms with E-state index in [0.717, 1.165) is 0 Å². The van der Waals surface area contributed by atoms with E-state index in [2.05, 4.69) is 15.4 Å². The van der Waals surface area contributed by atoms with Gasteiger partial charge >= 0.3 is 5.97 Å².